The molecule has 1 aromatic heterocycles. The first-order valence-corrected chi connectivity index (χ1v) is 6.89. The molecule has 8 heteroatoms. The number of carbonyl (C=O) groups excluding carboxylic acids is 3. The molecule has 0 saturated heterocycles. The molecule has 2 heterocycles. The van der Waals surface area contributed by atoms with E-state index in [1.165, 1.54) is 24.5 Å². The number of fused-ring (bicyclic) bond motifs is 2. The van der Waals surface area contributed by atoms with Crippen molar-refractivity contribution in [1.82, 2.24) is 15.0 Å². The number of rotatable bonds is 2. The van der Waals surface area contributed by atoms with Crippen LogP contribution >= 0.6 is 0 Å². The van der Waals surface area contributed by atoms with Gasteiger partial charge in [-0.2, -0.15) is 0 Å². The minimum Gasteiger partial charge on any atom is -0.344 e. The summed E-state index contributed by atoms with van der Waals surface area (Å²) in [7, 11) is 0. The summed E-state index contributed by atoms with van der Waals surface area (Å²) in [6.07, 6.45) is 1.29. The molecule has 2 amide bonds. The molecule has 0 atom stereocenters. The molecule has 24 heavy (non-hydrogen) atoms. The zero-order chi connectivity index (χ0) is 16.8. The standard InChI is InChI=1S/C16H8FN3O4/c17-8-5-11(13-12(6-8)18-7-19-13)16(23)24-20-14(21)9-3-1-2-4-10(9)15(20)22/h1-7H,(H,18,19). The van der Waals surface area contributed by atoms with E-state index in [4.69, 9.17) is 4.84 Å². The molecule has 0 spiro atoms. The number of nitrogens with zero attached hydrogens (tertiary/aromatic N) is 2. The van der Waals surface area contributed by atoms with Crippen LogP contribution < -0.4 is 0 Å². The fraction of sp³-hybridized carbons (Fsp3) is 0. The van der Waals surface area contributed by atoms with Gasteiger partial charge >= 0.3 is 5.97 Å². The smallest absolute Gasteiger partial charge is 0.344 e. The molecule has 4 rings (SSSR count). The van der Waals surface area contributed by atoms with Crippen LogP contribution in [-0.2, 0) is 4.84 Å². The first kappa shape index (κ1) is 14.1. The van der Waals surface area contributed by atoms with E-state index >= 15 is 0 Å². The molecule has 1 aliphatic rings. The van der Waals surface area contributed by atoms with Crippen molar-refractivity contribution in [3.05, 3.63) is 65.2 Å². The Labute approximate surface area is 133 Å². The summed E-state index contributed by atoms with van der Waals surface area (Å²) in [5, 5.41) is 0.371. The van der Waals surface area contributed by atoms with Crippen LogP contribution in [0.4, 0.5) is 4.39 Å². The third-order valence-corrected chi connectivity index (χ3v) is 3.64. The number of hydrogen-bond donors (Lipinski definition) is 1. The maximum absolute atomic E-state index is 13.6. The summed E-state index contributed by atoms with van der Waals surface area (Å²) in [6.45, 7) is 0. The average Bonchev–Trinajstić information content (AvgIpc) is 3.13. The van der Waals surface area contributed by atoms with Crippen LogP contribution in [0.1, 0.15) is 31.1 Å². The minimum atomic E-state index is -1.05. The molecule has 0 radical (unpaired) electrons. The molecule has 0 saturated carbocycles. The van der Waals surface area contributed by atoms with Crippen LogP contribution in [0.5, 0.6) is 0 Å². The molecule has 0 fully saturated rings. The van der Waals surface area contributed by atoms with Gasteiger partial charge in [0.25, 0.3) is 11.8 Å². The Balaban J connectivity index is 1.69. The molecule has 2 aromatic carbocycles. The molecular weight excluding hydrogens is 317 g/mol. The highest BCUT2D eigenvalue weighted by atomic mass is 19.1. The summed E-state index contributed by atoms with van der Waals surface area (Å²) in [5.74, 6) is -3.24. The van der Waals surface area contributed by atoms with Gasteiger partial charge in [-0.25, -0.2) is 14.2 Å². The van der Waals surface area contributed by atoms with E-state index in [2.05, 4.69) is 9.97 Å². The number of carbonyl (C=O) groups is 3. The number of imide groups is 1. The van der Waals surface area contributed by atoms with Crippen LogP contribution in [0.25, 0.3) is 11.0 Å². The van der Waals surface area contributed by atoms with Crippen LogP contribution in [0, 0.1) is 5.82 Å². The SMILES string of the molecule is O=C(ON1C(=O)c2ccccc2C1=O)c1cc(F)cc2[nH]cnc12. The quantitative estimate of drug-likeness (QED) is 0.728. The lowest BCUT2D eigenvalue weighted by Crippen LogP contribution is -2.32. The number of aromatic nitrogens is 2. The van der Waals surface area contributed by atoms with Crippen molar-refractivity contribution in [3.63, 3.8) is 0 Å². The Hall–Kier alpha value is -3.55. The van der Waals surface area contributed by atoms with Crippen LogP contribution in [0.3, 0.4) is 0 Å². The van der Waals surface area contributed by atoms with Crippen molar-refractivity contribution in [2.45, 2.75) is 0 Å². The van der Waals surface area contributed by atoms with E-state index < -0.39 is 23.6 Å². The number of aromatic amines is 1. The largest absolute Gasteiger partial charge is 0.366 e. The predicted molar refractivity (Wildman–Crippen MR) is 78.4 cm³/mol. The molecule has 1 N–H and O–H groups in total. The third-order valence-electron chi connectivity index (χ3n) is 3.64. The topological polar surface area (TPSA) is 92.4 Å². The fourth-order valence-corrected chi connectivity index (χ4v) is 2.55. The molecular formula is C16H8FN3O4. The zero-order valence-corrected chi connectivity index (χ0v) is 11.9. The lowest BCUT2D eigenvalue weighted by atomic mass is 10.1. The first-order valence-electron chi connectivity index (χ1n) is 6.89. The van der Waals surface area contributed by atoms with Crippen LogP contribution in [-0.4, -0.2) is 32.8 Å². The number of amides is 2. The Bertz CT molecular complexity index is 992. The van der Waals surface area contributed by atoms with Gasteiger partial charge in [-0.1, -0.05) is 17.2 Å². The highest BCUT2D eigenvalue weighted by Gasteiger charge is 2.39. The van der Waals surface area contributed by atoms with E-state index in [0.717, 1.165) is 6.07 Å². The van der Waals surface area contributed by atoms with Crippen molar-refractivity contribution < 1.29 is 23.6 Å². The number of imidazole rings is 1. The number of hydroxylamine groups is 2. The maximum Gasteiger partial charge on any atom is 0.366 e. The second kappa shape index (κ2) is 4.98. The van der Waals surface area contributed by atoms with E-state index in [0.29, 0.717) is 10.6 Å². The Morgan fingerprint density at radius 1 is 1.12 bits per heavy atom. The molecule has 7 nitrogen and oxygen atoms in total. The zero-order valence-electron chi connectivity index (χ0n) is 11.9. The van der Waals surface area contributed by atoms with E-state index in [1.54, 1.807) is 12.1 Å². The van der Waals surface area contributed by atoms with Gasteiger partial charge < -0.3 is 9.82 Å². The number of benzene rings is 2. The van der Waals surface area contributed by atoms with Gasteiger partial charge in [0.1, 0.15) is 11.3 Å². The average molecular weight is 325 g/mol. The summed E-state index contributed by atoms with van der Waals surface area (Å²) in [4.78, 5) is 48.2. The summed E-state index contributed by atoms with van der Waals surface area (Å²) < 4.78 is 13.6. The molecule has 118 valence electrons. The second-order valence-electron chi connectivity index (χ2n) is 5.08. The third kappa shape index (κ3) is 1.97. The van der Waals surface area contributed by atoms with Crippen molar-refractivity contribution in [2.75, 3.05) is 0 Å². The molecule has 0 bridgehead atoms. The Morgan fingerprint density at radius 3 is 2.46 bits per heavy atom. The minimum absolute atomic E-state index is 0.138. The van der Waals surface area contributed by atoms with Crippen LogP contribution in [0.15, 0.2) is 42.7 Å². The van der Waals surface area contributed by atoms with Gasteiger partial charge in [0.2, 0.25) is 0 Å². The van der Waals surface area contributed by atoms with Gasteiger partial charge in [0.15, 0.2) is 0 Å². The first-order chi connectivity index (χ1) is 11.6. The van der Waals surface area contributed by atoms with E-state index in [-0.39, 0.29) is 22.2 Å². The lowest BCUT2D eigenvalue weighted by Gasteiger charge is -2.12. The van der Waals surface area contributed by atoms with E-state index in [1.807, 2.05) is 0 Å². The van der Waals surface area contributed by atoms with Gasteiger partial charge in [-0.15, -0.1) is 0 Å². The number of nitrogens with one attached hydrogen (secondary N) is 1. The fourth-order valence-electron chi connectivity index (χ4n) is 2.55. The van der Waals surface area contributed by atoms with Gasteiger partial charge in [-0.05, 0) is 24.3 Å². The highest BCUT2D eigenvalue weighted by molar-refractivity contribution is 6.21. The Kier molecular flexibility index (Phi) is 2.92. The number of halogens is 1. The Morgan fingerprint density at radius 2 is 1.79 bits per heavy atom. The highest BCUT2D eigenvalue weighted by Crippen LogP contribution is 2.24. The number of H-pyrrole nitrogens is 1. The van der Waals surface area contributed by atoms with Crippen molar-refractivity contribution in [1.29, 1.82) is 0 Å². The van der Waals surface area contributed by atoms with Gasteiger partial charge in [-0.3, -0.25) is 9.59 Å². The van der Waals surface area contributed by atoms with Crippen LogP contribution in [0.2, 0.25) is 0 Å². The lowest BCUT2D eigenvalue weighted by molar-refractivity contribution is -0.0583. The normalized spacial score (nSPS) is 13.5. The van der Waals surface area contributed by atoms with Crippen molar-refractivity contribution >= 4 is 28.8 Å². The van der Waals surface area contributed by atoms with Gasteiger partial charge in [0, 0.05) is 0 Å². The molecule has 1 aliphatic heterocycles. The van der Waals surface area contributed by atoms with Crippen molar-refractivity contribution in [3.8, 4) is 0 Å². The summed E-state index contributed by atoms with van der Waals surface area (Å²) in [5.41, 5.74) is 0.559. The monoisotopic (exact) mass is 325 g/mol. The molecule has 0 aliphatic carbocycles. The summed E-state index contributed by atoms with van der Waals surface area (Å²) >= 11 is 0. The maximum atomic E-state index is 13.6. The van der Waals surface area contributed by atoms with Crippen molar-refractivity contribution in [2.24, 2.45) is 0 Å². The van der Waals surface area contributed by atoms with E-state index in [9.17, 15) is 18.8 Å². The predicted octanol–water partition coefficient (Wildman–Crippen LogP) is 2.07. The van der Waals surface area contributed by atoms with Gasteiger partial charge in [0.05, 0.1) is 28.5 Å². The second-order valence-corrected chi connectivity index (χ2v) is 5.08. The number of hydrogen-bond acceptors (Lipinski definition) is 5. The molecule has 3 aromatic rings. The molecule has 0 unspecified atom stereocenters. The summed E-state index contributed by atoms with van der Waals surface area (Å²) in [6, 6.07) is 8.20.